The van der Waals surface area contributed by atoms with Crippen LogP contribution in [0.4, 0.5) is 0 Å². The van der Waals surface area contributed by atoms with Crippen LogP contribution in [-0.2, 0) is 14.8 Å². The van der Waals surface area contributed by atoms with Gasteiger partial charge in [0.25, 0.3) is 0 Å². The van der Waals surface area contributed by atoms with Gasteiger partial charge < -0.3 is 5.32 Å². The number of benzene rings is 1. The predicted octanol–water partition coefficient (Wildman–Crippen LogP) is 3.72. The van der Waals surface area contributed by atoms with Gasteiger partial charge in [0.05, 0.1) is 10.9 Å². The zero-order valence-corrected chi connectivity index (χ0v) is 17.5. The summed E-state index contributed by atoms with van der Waals surface area (Å²) in [5.41, 5.74) is 0.926. The van der Waals surface area contributed by atoms with E-state index in [1.165, 1.54) is 30.0 Å². The molecule has 5 nitrogen and oxygen atoms in total. The number of carbonyl (C=O) groups excluding carboxylic acids is 1. The van der Waals surface area contributed by atoms with Gasteiger partial charge in [-0.3, -0.25) is 4.79 Å². The summed E-state index contributed by atoms with van der Waals surface area (Å²) in [5.74, 6) is 2.27. The molecule has 2 saturated carbocycles. The summed E-state index contributed by atoms with van der Waals surface area (Å²) >= 11 is 0. The highest BCUT2D eigenvalue weighted by Gasteiger charge is 2.40. The minimum absolute atomic E-state index is 0.111. The topological polar surface area (TPSA) is 66.5 Å². The number of fused-ring (bicyclic) bond motifs is 2. The Morgan fingerprint density at radius 1 is 1.15 bits per heavy atom. The van der Waals surface area contributed by atoms with Gasteiger partial charge in [0.15, 0.2) is 0 Å². The highest BCUT2D eigenvalue weighted by atomic mass is 32.2. The molecule has 0 saturated heterocycles. The standard InChI is InChI=1S/C21H32N2O3S/c1-4-23(5-2)27(25,26)20-10-8-17(9-11-20)15(3)22-21(24)14-19-13-16-6-7-18(19)12-16/h8-11,15-16,18-19H,4-7,12-14H2,1-3H3,(H,22,24)/t15-,16+,18+,19-/m1/s1. The quantitative estimate of drug-likeness (QED) is 0.733. The van der Waals surface area contributed by atoms with E-state index in [1.807, 2.05) is 20.8 Å². The molecule has 2 aliphatic rings. The third kappa shape index (κ3) is 4.37. The summed E-state index contributed by atoms with van der Waals surface area (Å²) in [7, 11) is -3.44. The lowest BCUT2D eigenvalue weighted by molar-refractivity contribution is -0.123. The number of carbonyl (C=O) groups is 1. The highest BCUT2D eigenvalue weighted by Crippen LogP contribution is 2.49. The predicted molar refractivity (Wildman–Crippen MR) is 107 cm³/mol. The number of hydrogen-bond donors (Lipinski definition) is 1. The fourth-order valence-electron chi connectivity index (χ4n) is 4.89. The average molecular weight is 393 g/mol. The zero-order chi connectivity index (χ0) is 19.6. The molecule has 6 heteroatoms. The van der Waals surface area contributed by atoms with E-state index < -0.39 is 10.0 Å². The number of nitrogens with one attached hydrogen (secondary N) is 1. The van der Waals surface area contributed by atoms with E-state index in [0.717, 1.165) is 17.4 Å². The van der Waals surface area contributed by atoms with E-state index in [9.17, 15) is 13.2 Å². The molecule has 4 atom stereocenters. The van der Waals surface area contributed by atoms with Gasteiger partial charge in [-0.2, -0.15) is 4.31 Å². The second kappa shape index (κ2) is 8.31. The van der Waals surface area contributed by atoms with Crippen LogP contribution in [0.5, 0.6) is 0 Å². The molecule has 2 aliphatic carbocycles. The van der Waals surface area contributed by atoms with Crippen LogP contribution in [0, 0.1) is 17.8 Å². The molecule has 0 heterocycles. The summed E-state index contributed by atoms with van der Waals surface area (Å²) in [6, 6.07) is 6.77. The van der Waals surface area contributed by atoms with Crippen molar-refractivity contribution >= 4 is 15.9 Å². The molecule has 0 spiro atoms. The molecular formula is C21H32N2O3S. The Bertz CT molecular complexity index is 756. The first-order chi connectivity index (χ1) is 12.8. The van der Waals surface area contributed by atoms with Crippen LogP contribution in [0.1, 0.15) is 64.5 Å². The van der Waals surface area contributed by atoms with Gasteiger partial charge in [-0.1, -0.05) is 32.4 Å². The molecule has 27 heavy (non-hydrogen) atoms. The number of nitrogens with zero attached hydrogens (tertiary/aromatic N) is 1. The van der Waals surface area contributed by atoms with E-state index in [1.54, 1.807) is 24.3 Å². The van der Waals surface area contributed by atoms with Crippen LogP contribution in [0.2, 0.25) is 0 Å². The van der Waals surface area contributed by atoms with E-state index in [4.69, 9.17) is 0 Å². The number of rotatable bonds is 8. The molecule has 1 aromatic carbocycles. The molecule has 0 radical (unpaired) electrons. The normalized spacial score (nSPS) is 25.7. The molecule has 1 amide bonds. The Hall–Kier alpha value is -1.40. The van der Waals surface area contributed by atoms with Crippen molar-refractivity contribution in [3.8, 4) is 0 Å². The second-order valence-corrected chi connectivity index (χ2v) is 10.0. The molecule has 150 valence electrons. The zero-order valence-electron chi connectivity index (χ0n) is 16.6. The fraction of sp³-hybridized carbons (Fsp3) is 0.667. The SMILES string of the molecule is CCN(CC)S(=O)(=O)c1ccc([C@@H](C)NC(=O)C[C@H]2C[C@H]3CC[C@H]2C3)cc1. The van der Waals surface area contributed by atoms with Crippen LogP contribution in [0.3, 0.4) is 0 Å². The molecular weight excluding hydrogens is 360 g/mol. The third-order valence-corrected chi connectivity index (χ3v) is 8.50. The van der Waals surface area contributed by atoms with E-state index in [0.29, 0.717) is 30.3 Å². The lowest BCUT2D eigenvalue weighted by atomic mass is 9.86. The average Bonchev–Trinajstić information content (AvgIpc) is 3.25. The van der Waals surface area contributed by atoms with Crippen molar-refractivity contribution in [1.29, 1.82) is 0 Å². The molecule has 3 rings (SSSR count). The van der Waals surface area contributed by atoms with Crippen LogP contribution >= 0.6 is 0 Å². The molecule has 2 bridgehead atoms. The maximum atomic E-state index is 12.6. The van der Waals surface area contributed by atoms with Crippen LogP contribution < -0.4 is 5.32 Å². The van der Waals surface area contributed by atoms with Gasteiger partial charge in [0, 0.05) is 19.5 Å². The van der Waals surface area contributed by atoms with Gasteiger partial charge in [-0.25, -0.2) is 8.42 Å². The second-order valence-electron chi connectivity index (χ2n) is 8.09. The molecule has 1 N–H and O–H groups in total. The van der Waals surface area contributed by atoms with E-state index >= 15 is 0 Å². The number of sulfonamides is 1. The third-order valence-electron chi connectivity index (χ3n) is 6.43. The van der Waals surface area contributed by atoms with Gasteiger partial charge >= 0.3 is 0 Å². The Labute approximate surface area is 163 Å². The van der Waals surface area contributed by atoms with E-state index in [-0.39, 0.29) is 11.9 Å². The summed E-state index contributed by atoms with van der Waals surface area (Å²) in [4.78, 5) is 12.7. The smallest absolute Gasteiger partial charge is 0.243 e. The van der Waals surface area contributed by atoms with Crippen LogP contribution in [0.25, 0.3) is 0 Å². The minimum atomic E-state index is -3.44. The van der Waals surface area contributed by atoms with Crippen molar-refractivity contribution in [2.24, 2.45) is 17.8 Å². The fourth-order valence-corrected chi connectivity index (χ4v) is 6.35. The summed E-state index contributed by atoms with van der Waals surface area (Å²) in [6.45, 7) is 6.53. The molecule has 2 fully saturated rings. The van der Waals surface area contributed by atoms with E-state index in [2.05, 4.69) is 5.32 Å². The number of hydrogen-bond acceptors (Lipinski definition) is 3. The summed E-state index contributed by atoms with van der Waals surface area (Å²) in [5, 5.41) is 3.09. The molecule has 0 unspecified atom stereocenters. The van der Waals surface area contributed by atoms with Gasteiger partial charge in [-0.15, -0.1) is 0 Å². The molecule has 0 aliphatic heterocycles. The van der Waals surface area contributed by atoms with Gasteiger partial charge in [0.2, 0.25) is 15.9 Å². The van der Waals surface area contributed by atoms with Crippen molar-refractivity contribution < 1.29 is 13.2 Å². The lowest BCUT2D eigenvalue weighted by Crippen LogP contribution is -2.31. The largest absolute Gasteiger partial charge is 0.350 e. The van der Waals surface area contributed by atoms with Crippen LogP contribution in [-0.4, -0.2) is 31.7 Å². The highest BCUT2D eigenvalue weighted by molar-refractivity contribution is 7.89. The van der Waals surface area contributed by atoms with Gasteiger partial charge in [-0.05, 0) is 61.6 Å². The first kappa shape index (κ1) is 20.3. The van der Waals surface area contributed by atoms with Crippen molar-refractivity contribution in [2.45, 2.75) is 63.8 Å². The minimum Gasteiger partial charge on any atom is -0.350 e. The summed E-state index contributed by atoms with van der Waals surface area (Å²) in [6.07, 6.45) is 5.79. The Balaban J connectivity index is 1.58. The van der Waals surface area contributed by atoms with Crippen molar-refractivity contribution in [1.82, 2.24) is 9.62 Å². The first-order valence-corrected chi connectivity index (χ1v) is 11.7. The Kier molecular flexibility index (Phi) is 6.26. The van der Waals surface area contributed by atoms with Gasteiger partial charge in [0.1, 0.15) is 0 Å². The van der Waals surface area contributed by atoms with Crippen molar-refractivity contribution in [3.05, 3.63) is 29.8 Å². The molecule has 1 aromatic rings. The van der Waals surface area contributed by atoms with Crippen molar-refractivity contribution in [2.75, 3.05) is 13.1 Å². The maximum absolute atomic E-state index is 12.6. The lowest BCUT2D eigenvalue weighted by Gasteiger charge is -2.22. The maximum Gasteiger partial charge on any atom is 0.243 e. The number of amides is 1. The molecule has 0 aromatic heterocycles. The first-order valence-electron chi connectivity index (χ1n) is 10.2. The Morgan fingerprint density at radius 2 is 1.81 bits per heavy atom. The Morgan fingerprint density at radius 3 is 2.33 bits per heavy atom. The monoisotopic (exact) mass is 392 g/mol. The summed E-state index contributed by atoms with van der Waals surface area (Å²) < 4.78 is 26.6. The van der Waals surface area contributed by atoms with Crippen molar-refractivity contribution in [3.63, 3.8) is 0 Å². The van der Waals surface area contributed by atoms with Crippen LogP contribution in [0.15, 0.2) is 29.2 Å².